The molecule has 0 amide bonds. The van der Waals surface area contributed by atoms with E-state index in [9.17, 15) is 4.79 Å². The molecule has 3 heterocycles. The van der Waals surface area contributed by atoms with Gasteiger partial charge in [0.1, 0.15) is 11.1 Å². The summed E-state index contributed by atoms with van der Waals surface area (Å²) in [6.45, 7) is 4.14. The minimum atomic E-state index is -0.312. The molecule has 0 fully saturated rings. The first-order valence-corrected chi connectivity index (χ1v) is 10.1. The lowest BCUT2D eigenvalue weighted by molar-refractivity contribution is 0.567. The van der Waals surface area contributed by atoms with E-state index in [0.29, 0.717) is 11.1 Å². The number of fused-ring (bicyclic) bond motifs is 7. The van der Waals surface area contributed by atoms with Crippen LogP contribution in [0, 0.1) is 13.8 Å². The van der Waals surface area contributed by atoms with Gasteiger partial charge in [0.25, 0.3) is 0 Å². The van der Waals surface area contributed by atoms with Crippen LogP contribution >= 0.6 is 0 Å². The van der Waals surface area contributed by atoms with Crippen LogP contribution in [-0.2, 0) is 0 Å². The standard InChI is InChI=1S/C27H19NO2/c1-16-14-21-22(15-17(16)2)30-27(29)26-24(21)23(19-9-4-3-5-10-19)25-20-11-7-6-8-18(20)12-13-28(25)26/h3-15H,1-2H3. The zero-order valence-corrected chi connectivity index (χ0v) is 16.8. The molecule has 3 aromatic heterocycles. The van der Waals surface area contributed by atoms with E-state index in [-0.39, 0.29) is 5.63 Å². The Bertz CT molecular complexity index is 1670. The summed E-state index contributed by atoms with van der Waals surface area (Å²) in [5.41, 5.74) is 6.39. The molecular formula is C27H19NO2. The van der Waals surface area contributed by atoms with Gasteiger partial charge < -0.3 is 8.82 Å². The molecule has 144 valence electrons. The summed E-state index contributed by atoms with van der Waals surface area (Å²) in [7, 11) is 0. The molecule has 0 aliphatic carbocycles. The fraction of sp³-hybridized carbons (Fsp3) is 0.0741. The summed E-state index contributed by atoms with van der Waals surface area (Å²) in [5, 5.41) is 4.18. The monoisotopic (exact) mass is 389 g/mol. The number of aromatic nitrogens is 1. The van der Waals surface area contributed by atoms with Gasteiger partial charge in [-0.05, 0) is 54.1 Å². The molecule has 3 heteroatoms. The lowest BCUT2D eigenvalue weighted by Crippen LogP contribution is -2.02. The van der Waals surface area contributed by atoms with Crippen molar-refractivity contribution in [2.45, 2.75) is 13.8 Å². The van der Waals surface area contributed by atoms with Gasteiger partial charge in [0, 0.05) is 27.9 Å². The number of benzene rings is 3. The SMILES string of the molecule is Cc1cc2oc(=O)c3c(c(-c4ccccc4)c4c5ccccc5ccn43)c2cc1C. The second-order valence-electron chi connectivity index (χ2n) is 7.91. The van der Waals surface area contributed by atoms with Crippen molar-refractivity contribution in [2.75, 3.05) is 0 Å². The maximum absolute atomic E-state index is 13.2. The third-order valence-corrected chi connectivity index (χ3v) is 6.15. The lowest BCUT2D eigenvalue weighted by atomic mass is 9.97. The van der Waals surface area contributed by atoms with Gasteiger partial charge in [-0.25, -0.2) is 4.79 Å². The Balaban J connectivity index is 2.00. The normalized spacial score (nSPS) is 11.8. The summed E-state index contributed by atoms with van der Waals surface area (Å²) in [4.78, 5) is 13.2. The number of aryl methyl sites for hydroxylation is 2. The van der Waals surface area contributed by atoms with Crippen LogP contribution in [0.1, 0.15) is 11.1 Å². The molecule has 0 atom stereocenters. The molecule has 0 saturated heterocycles. The van der Waals surface area contributed by atoms with Crippen molar-refractivity contribution in [1.82, 2.24) is 4.40 Å². The fourth-order valence-electron chi connectivity index (χ4n) is 4.58. The van der Waals surface area contributed by atoms with Crippen molar-refractivity contribution in [2.24, 2.45) is 0 Å². The molecule has 0 unspecified atom stereocenters. The Morgan fingerprint density at radius 3 is 2.33 bits per heavy atom. The molecule has 3 aromatic carbocycles. The van der Waals surface area contributed by atoms with E-state index in [1.807, 2.05) is 53.9 Å². The van der Waals surface area contributed by atoms with Gasteiger partial charge in [-0.15, -0.1) is 0 Å². The molecule has 0 saturated carbocycles. The van der Waals surface area contributed by atoms with Crippen LogP contribution < -0.4 is 5.63 Å². The van der Waals surface area contributed by atoms with Crippen molar-refractivity contribution in [3.63, 3.8) is 0 Å². The Labute approximate surface area is 172 Å². The Hall–Kier alpha value is -3.85. The van der Waals surface area contributed by atoms with E-state index in [2.05, 4.69) is 43.3 Å². The maximum atomic E-state index is 13.2. The molecule has 6 aromatic rings. The predicted molar refractivity (Wildman–Crippen MR) is 123 cm³/mol. The van der Waals surface area contributed by atoms with E-state index in [1.165, 1.54) is 5.56 Å². The molecule has 3 nitrogen and oxygen atoms in total. The second kappa shape index (κ2) is 6.07. The minimum absolute atomic E-state index is 0.312. The second-order valence-corrected chi connectivity index (χ2v) is 7.91. The summed E-state index contributed by atoms with van der Waals surface area (Å²) in [6.07, 6.45) is 1.98. The van der Waals surface area contributed by atoms with E-state index in [4.69, 9.17) is 4.42 Å². The fourth-order valence-corrected chi connectivity index (χ4v) is 4.58. The lowest BCUT2D eigenvalue weighted by Gasteiger charge is -2.07. The van der Waals surface area contributed by atoms with E-state index < -0.39 is 0 Å². The highest BCUT2D eigenvalue weighted by atomic mass is 16.4. The van der Waals surface area contributed by atoms with Gasteiger partial charge in [0.2, 0.25) is 0 Å². The van der Waals surface area contributed by atoms with Crippen molar-refractivity contribution in [3.8, 4) is 11.1 Å². The molecule has 0 aliphatic rings. The van der Waals surface area contributed by atoms with Gasteiger partial charge in [-0.1, -0.05) is 54.6 Å². The van der Waals surface area contributed by atoms with Gasteiger partial charge >= 0.3 is 5.63 Å². The third-order valence-electron chi connectivity index (χ3n) is 6.15. The van der Waals surface area contributed by atoms with Gasteiger partial charge in [0.05, 0.1) is 5.52 Å². The van der Waals surface area contributed by atoms with Crippen LogP contribution in [0.25, 0.3) is 49.3 Å². The largest absolute Gasteiger partial charge is 0.421 e. The Morgan fingerprint density at radius 2 is 1.50 bits per heavy atom. The maximum Gasteiger partial charge on any atom is 0.361 e. The van der Waals surface area contributed by atoms with E-state index in [1.54, 1.807) is 0 Å². The topological polar surface area (TPSA) is 34.6 Å². The number of rotatable bonds is 1. The molecule has 0 aliphatic heterocycles. The predicted octanol–water partition coefficient (Wildman–Crippen LogP) is 6.64. The minimum Gasteiger partial charge on any atom is -0.421 e. The highest BCUT2D eigenvalue weighted by molar-refractivity contribution is 6.21. The Morgan fingerprint density at radius 1 is 0.767 bits per heavy atom. The molecule has 0 radical (unpaired) electrons. The van der Waals surface area contributed by atoms with Crippen molar-refractivity contribution >= 4 is 38.2 Å². The molecular weight excluding hydrogens is 370 g/mol. The van der Waals surface area contributed by atoms with E-state index in [0.717, 1.165) is 43.8 Å². The highest BCUT2D eigenvalue weighted by Gasteiger charge is 2.22. The van der Waals surface area contributed by atoms with Crippen LogP contribution in [-0.4, -0.2) is 4.40 Å². The molecule has 6 rings (SSSR count). The van der Waals surface area contributed by atoms with Gasteiger partial charge in [0.15, 0.2) is 0 Å². The summed E-state index contributed by atoms with van der Waals surface area (Å²) >= 11 is 0. The summed E-state index contributed by atoms with van der Waals surface area (Å²) in [6, 6.07) is 24.8. The number of hydrogen-bond acceptors (Lipinski definition) is 2. The average molecular weight is 389 g/mol. The first-order chi connectivity index (χ1) is 14.6. The van der Waals surface area contributed by atoms with Crippen molar-refractivity contribution in [3.05, 3.63) is 101 Å². The molecule has 30 heavy (non-hydrogen) atoms. The van der Waals surface area contributed by atoms with Crippen LogP contribution in [0.4, 0.5) is 0 Å². The summed E-state index contributed by atoms with van der Waals surface area (Å²) < 4.78 is 7.80. The van der Waals surface area contributed by atoms with Gasteiger partial charge in [-0.2, -0.15) is 0 Å². The quantitative estimate of drug-likeness (QED) is 0.296. The van der Waals surface area contributed by atoms with E-state index >= 15 is 0 Å². The molecule has 0 spiro atoms. The van der Waals surface area contributed by atoms with Crippen LogP contribution in [0.3, 0.4) is 0 Å². The number of nitrogens with zero attached hydrogens (tertiary/aromatic N) is 1. The highest BCUT2D eigenvalue weighted by Crippen LogP contribution is 2.41. The number of hydrogen-bond donors (Lipinski definition) is 0. The molecule has 0 N–H and O–H groups in total. The first kappa shape index (κ1) is 17.0. The first-order valence-electron chi connectivity index (χ1n) is 10.1. The van der Waals surface area contributed by atoms with Crippen LogP contribution in [0.15, 0.2) is 88.2 Å². The summed E-state index contributed by atoms with van der Waals surface area (Å²) in [5.74, 6) is 0. The molecule has 0 bridgehead atoms. The average Bonchev–Trinajstić information content (AvgIpc) is 3.12. The number of pyridine rings is 1. The van der Waals surface area contributed by atoms with Crippen LogP contribution in [0.2, 0.25) is 0 Å². The Kier molecular flexibility index (Phi) is 3.45. The third kappa shape index (κ3) is 2.23. The van der Waals surface area contributed by atoms with Crippen molar-refractivity contribution < 1.29 is 4.42 Å². The van der Waals surface area contributed by atoms with Crippen LogP contribution in [0.5, 0.6) is 0 Å². The van der Waals surface area contributed by atoms with Gasteiger partial charge in [-0.3, -0.25) is 0 Å². The van der Waals surface area contributed by atoms with Crippen molar-refractivity contribution in [1.29, 1.82) is 0 Å². The zero-order valence-electron chi connectivity index (χ0n) is 16.8. The zero-order chi connectivity index (χ0) is 20.4. The smallest absolute Gasteiger partial charge is 0.361 e.